The van der Waals surface area contributed by atoms with Gasteiger partial charge in [0.15, 0.2) is 10.9 Å². The molecule has 32 heavy (non-hydrogen) atoms. The molecule has 3 rings (SSSR count). The van der Waals surface area contributed by atoms with E-state index in [4.69, 9.17) is 0 Å². The predicted molar refractivity (Wildman–Crippen MR) is 127 cm³/mol. The third-order valence-electron chi connectivity index (χ3n) is 4.78. The number of anilines is 2. The molecule has 1 aromatic heterocycles. The van der Waals surface area contributed by atoms with E-state index in [9.17, 15) is 18.0 Å². The summed E-state index contributed by atoms with van der Waals surface area (Å²) in [6.07, 6.45) is 1.55. The van der Waals surface area contributed by atoms with Crippen molar-refractivity contribution in [1.82, 2.24) is 4.98 Å². The zero-order valence-electron chi connectivity index (χ0n) is 18.2. The number of rotatable bonds is 9. The minimum atomic E-state index is -3.87. The number of carbonyl (C=O) groups excluding carboxylic acids is 2. The lowest BCUT2D eigenvalue weighted by Crippen LogP contribution is -2.32. The van der Waals surface area contributed by atoms with Gasteiger partial charge in [-0.15, -0.1) is 0 Å². The third kappa shape index (κ3) is 5.23. The number of amides is 1. The van der Waals surface area contributed by atoms with Crippen molar-refractivity contribution in [3.05, 3.63) is 70.7 Å². The molecule has 9 heteroatoms. The zero-order valence-corrected chi connectivity index (χ0v) is 19.8. The maximum absolute atomic E-state index is 13.4. The number of nitrogens with zero attached hydrogens (tertiary/aromatic N) is 2. The van der Waals surface area contributed by atoms with E-state index in [1.807, 2.05) is 13.0 Å². The van der Waals surface area contributed by atoms with Gasteiger partial charge in [-0.3, -0.25) is 19.2 Å². The summed E-state index contributed by atoms with van der Waals surface area (Å²) in [5, 5.41) is 2.95. The van der Waals surface area contributed by atoms with Gasteiger partial charge in [-0.1, -0.05) is 48.9 Å². The molecular formula is C23H25N3O4S2. The molecule has 0 aliphatic carbocycles. The molecule has 168 valence electrons. The van der Waals surface area contributed by atoms with E-state index in [0.29, 0.717) is 34.4 Å². The Hall–Kier alpha value is -3.04. The number of carbonyl (C=O) groups is 2. The summed E-state index contributed by atoms with van der Waals surface area (Å²) < 4.78 is 28.3. The van der Waals surface area contributed by atoms with Crippen LogP contribution in [-0.2, 0) is 10.0 Å². The number of hydrogen-bond acceptors (Lipinski definition) is 6. The highest BCUT2D eigenvalue weighted by molar-refractivity contribution is 7.92. The largest absolute Gasteiger partial charge is 0.298 e. The van der Waals surface area contributed by atoms with Crippen molar-refractivity contribution in [2.75, 3.05) is 16.2 Å². The minimum absolute atomic E-state index is 0.0323. The molecule has 1 heterocycles. The van der Waals surface area contributed by atoms with E-state index in [1.54, 1.807) is 43.3 Å². The number of unbranched alkanes of at least 4 members (excludes halogenated alkanes) is 1. The second-order valence-electron chi connectivity index (χ2n) is 7.24. The topological polar surface area (TPSA) is 96.4 Å². The molecular weight excluding hydrogens is 446 g/mol. The second-order valence-corrected chi connectivity index (χ2v) is 10.1. The lowest BCUT2D eigenvalue weighted by molar-refractivity contribution is 0.101. The SMILES string of the molecule is CCCCN(c1ccccc1)S(=O)(=O)c1cccc(C(=O)Nc2nc(C)c(C(C)=O)s2)c1. The summed E-state index contributed by atoms with van der Waals surface area (Å²) in [4.78, 5) is 29.1. The van der Waals surface area contributed by atoms with Crippen LogP contribution in [0.1, 0.15) is 52.4 Å². The van der Waals surface area contributed by atoms with Crippen molar-refractivity contribution in [2.45, 2.75) is 38.5 Å². The maximum atomic E-state index is 13.4. The predicted octanol–water partition coefficient (Wildman–Crippen LogP) is 4.90. The Bertz CT molecular complexity index is 1220. The molecule has 0 saturated carbocycles. The van der Waals surface area contributed by atoms with Gasteiger partial charge in [0.05, 0.1) is 21.2 Å². The first kappa shape index (κ1) is 23.6. The maximum Gasteiger partial charge on any atom is 0.264 e. The normalized spacial score (nSPS) is 11.2. The van der Waals surface area contributed by atoms with Gasteiger partial charge in [0.25, 0.3) is 15.9 Å². The Labute approximate surface area is 192 Å². The van der Waals surface area contributed by atoms with Crippen molar-refractivity contribution in [3.8, 4) is 0 Å². The quantitative estimate of drug-likeness (QED) is 0.448. The molecule has 7 nitrogen and oxygen atoms in total. The van der Waals surface area contributed by atoms with Crippen molar-refractivity contribution in [3.63, 3.8) is 0 Å². The zero-order chi connectivity index (χ0) is 23.3. The molecule has 0 spiro atoms. The number of aromatic nitrogens is 1. The summed E-state index contributed by atoms with van der Waals surface area (Å²) in [5.74, 6) is -0.618. The van der Waals surface area contributed by atoms with Gasteiger partial charge in [0.1, 0.15) is 0 Å². The van der Waals surface area contributed by atoms with Crippen molar-refractivity contribution in [2.24, 2.45) is 0 Å². The molecule has 0 unspecified atom stereocenters. The van der Waals surface area contributed by atoms with Crippen LogP contribution in [-0.4, -0.2) is 31.6 Å². The second kappa shape index (κ2) is 10.1. The van der Waals surface area contributed by atoms with Crippen LogP contribution in [0.3, 0.4) is 0 Å². The lowest BCUT2D eigenvalue weighted by atomic mass is 10.2. The van der Waals surface area contributed by atoms with Gasteiger partial charge in [-0.05, 0) is 43.7 Å². The van der Waals surface area contributed by atoms with E-state index in [-0.39, 0.29) is 16.2 Å². The van der Waals surface area contributed by atoms with E-state index < -0.39 is 15.9 Å². The first-order valence-electron chi connectivity index (χ1n) is 10.2. The van der Waals surface area contributed by atoms with E-state index in [1.165, 1.54) is 23.4 Å². The number of Topliss-reactive ketones (excluding diaryl/α,β-unsaturated/α-hetero) is 1. The molecule has 0 aliphatic heterocycles. The highest BCUT2D eigenvalue weighted by atomic mass is 32.2. The summed E-state index contributed by atoms with van der Waals surface area (Å²) in [6.45, 7) is 5.48. The number of ketones is 1. The molecule has 0 aliphatic rings. The Balaban J connectivity index is 1.90. The van der Waals surface area contributed by atoms with Crippen LogP contribution in [0.15, 0.2) is 59.5 Å². The van der Waals surface area contributed by atoms with Crippen LogP contribution in [0.25, 0.3) is 0 Å². The number of thiazole rings is 1. The number of sulfonamides is 1. The Kier molecular flexibility index (Phi) is 7.42. The first-order valence-corrected chi connectivity index (χ1v) is 12.5. The minimum Gasteiger partial charge on any atom is -0.298 e. The first-order chi connectivity index (χ1) is 15.2. The highest BCUT2D eigenvalue weighted by Crippen LogP contribution is 2.26. The summed E-state index contributed by atoms with van der Waals surface area (Å²) in [5.41, 5.74) is 1.31. The molecule has 3 aromatic rings. The van der Waals surface area contributed by atoms with E-state index in [0.717, 1.165) is 17.8 Å². The molecule has 0 radical (unpaired) electrons. The van der Waals surface area contributed by atoms with E-state index in [2.05, 4.69) is 10.3 Å². The number of aryl methyl sites for hydroxylation is 1. The summed E-state index contributed by atoms with van der Waals surface area (Å²) >= 11 is 1.09. The van der Waals surface area contributed by atoms with Crippen LogP contribution in [0.2, 0.25) is 0 Å². The van der Waals surface area contributed by atoms with Gasteiger partial charge in [-0.25, -0.2) is 13.4 Å². The molecule has 1 amide bonds. The number of para-hydroxylation sites is 1. The van der Waals surface area contributed by atoms with Crippen LogP contribution in [0, 0.1) is 6.92 Å². The van der Waals surface area contributed by atoms with Gasteiger partial charge in [-0.2, -0.15) is 0 Å². The van der Waals surface area contributed by atoms with Crippen LogP contribution in [0.4, 0.5) is 10.8 Å². The highest BCUT2D eigenvalue weighted by Gasteiger charge is 2.25. The lowest BCUT2D eigenvalue weighted by Gasteiger charge is -2.24. The number of nitrogens with one attached hydrogen (secondary N) is 1. The Morgan fingerprint density at radius 1 is 1.09 bits per heavy atom. The molecule has 0 saturated heterocycles. The Morgan fingerprint density at radius 3 is 2.44 bits per heavy atom. The fraction of sp³-hybridized carbons (Fsp3) is 0.261. The fourth-order valence-electron chi connectivity index (χ4n) is 3.15. The van der Waals surface area contributed by atoms with Gasteiger partial charge < -0.3 is 0 Å². The third-order valence-corrected chi connectivity index (χ3v) is 7.78. The molecule has 0 fully saturated rings. The fourth-order valence-corrected chi connectivity index (χ4v) is 5.56. The van der Waals surface area contributed by atoms with Crippen molar-refractivity contribution in [1.29, 1.82) is 0 Å². The standard InChI is InChI=1S/C23H25N3O4S2/c1-4-5-14-26(19-11-7-6-8-12-19)32(29,30)20-13-9-10-18(15-20)22(28)25-23-24-16(2)21(31-23)17(3)27/h6-13,15H,4-5,14H2,1-3H3,(H,24,25,28). The van der Waals surface area contributed by atoms with Gasteiger partial charge in [0.2, 0.25) is 0 Å². The average molecular weight is 472 g/mol. The average Bonchev–Trinajstić information content (AvgIpc) is 3.15. The number of hydrogen-bond donors (Lipinski definition) is 1. The number of benzene rings is 2. The van der Waals surface area contributed by atoms with Crippen LogP contribution in [0.5, 0.6) is 0 Å². The summed E-state index contributed by atoms with van der Waals surface area (Å²) in [7, 11) is -3.87. The molecule has 2 aromatic carbocycles. The van der Waals surface area contributed by atoms with E-state index >= 15 is 0 Å². The molecule has 0 atom stereocenters. The molecule has 0 bridgehead atoms. The van der Waals surface area contributed by atoms with Crippen LogP contribution >= 0.6 is 11.3 Å². The summed E-state index contributed by atoms with van der Waals surface area (Å²) in [6, 6.07) is 14.8. The van der Waals surface area contributed by atoms with Crippen LogP contribution < -0.4 is 9.62 Å². The van der Waals surface area contributed by atoms with Crippen molar-refractivity contribution >= 4 is 43.9 Å². The Morgan fingerprint density at radius 2 is 1.81 bits per heavy atom. The molecule has 1 N–H and O–H groups in total. The van der Waals surface area contributed by atoms with Gasteiger partial charge >= 0.3 is 0 Å². The smallest absolute Gasteiger partial charge is 0.264 e. The monoisotopic (exact) mass is 471 g/mol. The van der Waals surface area contributed by atoms with Gasteiger partial charge in [0, 0.05) is 19.0 Å². The van der Waals surface area contributed by atoms with Crippen molar-refractivity contribution < 1.29 is 18.0 Å².